The van der Waals surface area contributed by atoms with Crippen molar-refractivity contribution in [2.24, 2.45) is 4.99 Å². The highest BCUT2D eigenvalue weighted by Crippen LogP contribution is 2.44. The number of rotatable bonds is 11. The van der Waals surface area contributed by atoms with Crippen LogP contribution in [0.25, 0.3) is 0 Å². The van der Waals surface area contributed by atoms with Crippen LogP contribution in [-0.2, 0) is 25.2 Å². The third-order valence-corrected chi connectivity index (χ3v) is 14.2. The van der Waals surface area contributed by atoms with Gasteiger partial charge in [0.25, 0.3) is 0 Å². The van der Waals surface area contributed by atoms with E-state index in [1.165, 1.54) is 11.8 Å². The number of ether oxygens (including phenoxy) is 6. The van der Waals surface area contributed by atoms with Gasteiger partial charge in [0, 0.05) is 6.54 Å². The minimum Gasteiger partial charge on any atom is -0.497 e. The number of hydrogen-bond donors (Lipinski definition) is 0. The number of thioether (sulfide) groups is 1. The van der Waals surface area contributed by atoms with Crippen LogP contribution in [0.3, 0.4) is 0 Å². The van der Waals surface area contributed by atoms with Crippen molar-refractivity contribution in [2.75, 3.05) is 27.4 Å². The SMILES string of the molecule is CCN(C(=O)OC(C)(C)C)C1=N[C@@H]2[C@@H](OCc3ccc(OC)cc3)[C@H](O[Si](C)(C)C(C)(C)C)[C@@H](COc3ccc(OC)cc3)O[C@@H]2S1. The van der Waals surface area contributed by atoms with E-state index in [0.29, 0.717) is 24.1 Å². The zero-order valence-electron chi connectivity index (χ0n) is 29.7. The molecule has 2 aromatic rings. The summed E-state index contributed by atoms with van der Waals surface area (Å²) in [6.45, 7) is 19.5. The molecule has 2 heterocycles. The van der Waals surface area contributed by atoms with Crippen molar-refractivity contribution in [2.45, 2.75) is 109 Å². The van der Waals surface area contributed by atoms with Gasteiger partial charge in [-0.2, -0.15) is 0 Å². The lowest BCUT2D eigenvalue weighted by molar-refractivity contribution is -0.176. The molecule has 0 aliphatic carbocycles. The highest BCUT2D eigenvalue weighted by atomic mass is 32.2. The number of carbonyl (C=O) groups excluding carboxylic acids is 1. The van der Waals surface area contributed by atoms with Gasteiger partial charge in [-0.1, -0.05) is 44.7 Å². The highest BCUT2D eigenvalue weighted by Gasteiger charge is 2.54. The van der Waals surface area contributed by atoms with Crippen molar-refractivity contribution >= 4 is 31.3 Å². The van der Waals surface area contributed by atoms with Gasteiger partial charge in [0.2, 0.25) is 0 Å². The first-order valence-corrected chi connectivity index (χ1v) is 19.9. The van der Waals surface area contributed by atoms with Crippen LogP contribution in [0, 0.1) is 0 Å². The van der Waals surface area contributed by atoms with Gasteiger partial charge in [0.1, 0.15) is 59.2 Å². The van der Waals surface area contributed by atoms with Gasteiger partial charge in [-0.3, -0.25) is 9.89 Å². The number of amidine groups is 1. The molecule has 260 valence electrons. The minimum absolute atomic E-state index is 0.0691. The number of nitrogens with zero attached hydrogens (tertiary/aromatic N) is 2. The van der Waals surface area contributed by atoms with Gasteiger partial charge in [-0.15, -0.1) is 0 Å². The third kappa shape index (κ3) is 9.44. The topological polar surface area (TPSA) is 97.3 Å². The molecule has 5 atom stereocenters. The molecule has 1 saturated heterocycles. The van der Waals surface area contributed by atoms with E-state index in [2.05, 4.69) is 33.9 Å². The molecule has 0 unspecified atom stereocenters. The van der Waals surface area contributed by atoms with E-state index in [1.807, 2.05) is 76.2 Å². The minimum atomic E-state index is -2.34. The Bertz CT molecular complexity index is 1360. The summed E-state index contributed by atoms with van der Waals surface area (Å²) in [5.74, 6) is 2.21. The smallest absolute Gasteiger partial charge is 0.416 e. The fourth-order valence-corrected chi connectivity index (χ4v) is 7.52. The Morgan fingerprint density at radius 1 is 0.915 bits per heavy atom. The van der Waals surface area contributed by atoms with Crippen LogP contribution in [0.5, 0.6) is 17.2 Å². The summed E-state index contributed by atoms with van der Waals surface area (Å²) in [6.07, 6.45) is -1.91. The second-order valence-corrected chi connectivity index (χ2v) is 20.1. The molecule has 2 aliphatic rings. The summed E-state index contributed by atoms with van der Waals surface area (Å²) in [7, 11) is 0.942. The van der Waals surface area contributed by atoms with Crippen LogP contribution >= 0.6 is 11.8 Å². The normalized spacial score (nSPS) is 23.0. The Balaban J connectivity index is 1.70. The Labute approximate surface area is 285 Å². The molecule has 1 fully saturated rings. The maximum Gasteiger partial charge on any atom is 0.416 e. The molecular weight excluding hydrogens is 637 g/mol. The zero-order valence-corrected chi connectivity index (χ0v) is 31.5. The molecule has 1 amide bonds. The first kappa shape index (κ1) is 37.1. The molecule has 4 rings (SSSR count). The van der Waals surface area contributed by atoms with Crippen molar-refractivity contribution in [3.05, 3.63) is 54.1 Å². The lowest BCUT2D eigenvalue weighted by Gasteiger charge is -2.48. The van der Waals surface area contributed by atoms with E-state index in [9.17, 15) is 4.79 Å². The maximum atomic E-state index is 13.2. The van der Waals surface area contributed by atoms with Crippen LogP contribution in [0.1, 0.15) is 54.0 Å². The van der Waals surface area contributed by atoms with Gasteiger partial charge >= 0.3 is 6.09 Å². The van der Waals surface area contributed by atoms with E-state index in [1.54, 1.807) is 19.1 Å². The molecule has 0 saturated carbocycles. The number of aliphatic imine (C=N–C) groups is 1. The lowest BCUT2D eigenvalue weighted by Crippen LogP contribution is -2.62. The van der Waals surface area contributed by atoms with Gasteiger partial charge in [0.15, 0.2) is 13.5 Å². The molecule has 10 nitrogen and oxygen atoms in total. The van der Waals surface area contributed by atoms with Crippen molar-refractivity contribution < 1.29 is 37.6 Å². The zero-order chi connectivity index (χ0) is 34.6. The van der Waals surface area contributed by atoms with Crippen LogP contribution < -0.4 is 14.2 Å². The van der Waals surface area contributed by atoms with Gasteiger partial charge in [-0.05, 0) is 87.8 Å². The predicted octanol–water partition coefficient (Wildman–Crippen LogP) is 7.51. The predicted molar refractivity (Wildman–Crippen MR) is 188 cm³/mol. The first-order chi connectivity index (χ1) is 22.0. The van der Waals surface area contributed by atoms with Crippen molar-refractivity contribution in [3.63, 3.8) is 0 Å². The van der Waals surface area contributed by atoms with Crippen LogP contribution in [0.15, 0.2) is 53.5 Å². The lowest BCUT2D eigenvalue weighted by atomic mass is 9.98. The standard InChI is InChI=1S/C35H52N2O8SSi/c1-12-37(33(38)44-34(2,3)4)32-36-28-30(42-21-23-13-15-24(39-8)16-14-23)29(45-47(10,11)35(5,6)7)27(43-31(28)46-32)22-41-26-19-17-25(40-9)18-20-26/h13-20,27-31H,12,21-22H2,1-11H3/t27-,28-,29-,30-,31-/m1/s1. The van der Waals surface area contributed by atoms with E-state index >= 15 is 0 Å². The van der Waals surface area contributed by atoms with E-state index < -0.39 is 49.8 Å². The quantitative estimate of drug-likeness (QED) is 0.222. The van der Waals surface area contributed by atoms with E-state index in [4.69, 9.17) is 37.8 Å². The average Bonchev–Trinajstić information content (AvgIpc) is 3.42. The van der Waals surface area contributed by atoms with Crippen LogP contribution in [0.2, 0.25) is 18.1 Å². The van der Waals surface area contributed by atoms with Crippen molar-refractivity contribution in [1.82, 2.24) is 4.90 Å². The molecule has 47 heavy (non-hydrogen) atoms. The van der Waals surface area contributed by atoms with E-state index in [-0.39, 0.29) is 11.6 Å². The molecule has 0 aromatic heterocycles. The average molecular weight is 689 g/mol. The molecule has 0 spiro atoms. The van der Waals surface area contributed by atoms with Crippen LogP contribution in [0.4, 0.5) is 4.79 Å². The molecule has 12 heteroatoms. The molecular formula is C35H52N2O8SSi. The van der Waals surface area contributed by atoms with Gasteiger partial charge < -0.3 is 32.8 Å². The molecule has 0 radical (unpaired) electrons. The number of amides is 1. The number of benzene rings is 2. The van der Waals surface area contributed by atoms with E-state index in [0.717, 1.165) is 17.1 Å². The number of fused-ring (bicyclic) bond motifs is 1. The van der Waals surface area contributed by atoms with Crippen LogP contribution in [-0.4, -0.2) is 87.2 Å². The maximum absolute atomic E-state index is 13.2. The van der Waals surface area contributed by atoms with Crippen molar-refractivity contribution in [1.29, 1.82) is 0 Å². The number of carbonyl (C=O) groups is 1. The fraction of sp³-hybridized carbons (Fsp3) is 0.600. The summed E-state index contributed by atoms with van der Waals surface area (Å²) in [5.41, 5.74) is -0.0797. The summed E-state index contributed by atoms with van der Waals surface area (Å²) >= 11 is 1.41. The largest absolute Gasteiger partial charge is 0.497 e. The Morgan fingerprint density at radius 2 is 1.49 bits per heavy atom. The second kappa shape index (κ2) is 15.2. The second-order valence-electron chi connectivity index (χ2n) is 14.2. The Kier molecular flexibility index (Phi) is 12.0. The first-order valence-electron chi connectivity index (χ1n) is 16.1. The molecule has 0 N–H and O–H groups in total. The third-order valence-electron chi connectivity index (χ3n) is 8.57. The summed E-state index contributed by atoms with van der Waals surface area (Å²) in [6, 6.07) is 14.9. The highest BCUT2D eigenvalue weighted by molar-refractivity contribution is 8.14. The molecule has 2 aromatic carbocycles. The Hall–Kier alpha value is -2.77. The molecule has 2 aliphatic heterocycles. The summed E-state index contributed by atoms with van der Waals surface area (Å²) < 4.78 is 43.4. The summed E-state index contributed by atoms with van der Waals surface area (Å²) in [5, 5.41) is 0.470. The number of hydrogen-bond acceptors (Lipinski definition) is 10. The molecule has 0 bridgehead atoms. The van der Waals surface area contributed by atoms with Gasteiger partial charge in [-0.25, -0.2) is 4.79 Å². The fourth-order valence-electron chi connectivity index (χ4n) is 4.93. The Morgan fingerprint density at radius 3 is 2.02 bits per heavy atom. The summed E-state index contributed by atoms with van der Waals surface area (Å²) in [4.78, 5) is 19.9. The number of methoxy groups -OCH3 is 2. The monoisotopic (exact) mass is 688 g/mol. The van der Waals surface area contributed by atoms with Gasteiger partial charge in [0.05, 0.1) is 20.8 Å². The van der Waals surface area contributed by atoms with Crippen molar-refractivity contribution in [3.8, 4) is 17.2 Å².